The number of hydrogen-bond donors (Lipinski definition) is 2. The van der Waals surface area contributed by atoms with Gasteiger partial charge in [0.2, 0.25) is 11.8 Å². The van der Waals surface area contributed by atoms with Gasteiger partial charge in [0.05, 0.1) is 11.8 Å². The van der Waals surface area contributed by atoms with Gasteiger partial charge in [0.15, 0.2) is 0 Å². The average molecular weight is 241 g/mol. The van der Waals surface area contributed by atoms with E-state index in [1.807, 2.05) is 6.92 Å². The molecule has 0 aromatic heterocycles. The number of nitrogens with zero attached hydrogens (tertiary/aromatic N) is 1. The first-order valence-electron chi connectivity index (χ1n) is 6.23. The monoisotopic (exact) mass is 241 g/mol. The van der Waals surface area contributed by atoms with E-state index in [-0.39, 0.29) is 23.7 Å². The molecule has 98 valence electrons. The molecule has 0 saturated carbocycles. The third-order valence-corrected chi connectivity index (χ3v) is 3.26. The minimum Gasteiger partial charge on any atom is -0.359 e. The first-order valence-corrected chi connectivity index (χ1v) is 6.23. The van der Waals surface area contributed by atoms with Gasteiger partial charge in [0.25, 0.3) is 0 Å². The second kappa shape index (κ2) is 6.59. The number of piperidine rings is 1. The molecule has 5 heteroatoms. The summed E-state index contributed by atoms with van der Waals surface area (Å²) < 4.78 is 0. The van der Waals surface area contributed by atoms with Crippen molar-refractivity contribution in [2.24, 2.45) is 11.8 Å². The van der Waals surface area contributed by atoms with E-state index >= 15 is 0 Å². The van der Waals surface area contributed by atoms with Crippen LogP contribution in [0.15, 0.2) is 0 Å². The zero-order valence-corrected chi connectivity index (χ0v) is 11.0. The molecule has 0 aromatic rings. The van der Waals surface area contributed by atoms with Gasteiger partial charge in [-0.1, -0.05) is 6.92 Å². The van der Waals surface area contributed by atoms with Gasteiger partial charge in [0.1, 0.15) is 0 Å². The maximum atomic E-state index is 12.1. The minimum absolute atomic E-state index is 0.0218. The van der Waals surface area contributed by atoms with Crippen LogP contribution in [0.3, 0.4) is 0 Å². The molecule has 0 bridgehead atoms. The van der Waals surface area contributed by atoms with Crippen LogP contribution < -0.4 is 10.6 Å². The fourth-order valence-corrected chi connectivity index (χ4v) is 2.20. The molecule has 1 aliphatic heterocycles. The second-order valence-corrected chi connectivity index (χ2v) is 4.78. The lowest BCUT2D eigenvalue weighted by atomic mass is 9.98. The molecule has 1 heterocycles. The molecule has 0 radical (unpaired) electrons. The van der Waals surface area contributed by atoms with E-state index in [0.717, 1.165) is 25.9 Å². The van der Waals surface area contributed by atoms with Crippen LogP contribution in [0.2, 0.25) is 0 Å². The first kappa shape index (κ1) is 14.0. The topological polar surface area (TPSA) is 61.4 Å². The van der Waals surface area contributed by atoms with E-state index in [1.165, 1.54) is 0 Å². The number of carbonyl (C=O) groups excluding carboxylic acids is 2. The Bertz CT molecular complexity index is 275. The molecule has 2 atom stereocenters. The summed E-state index contributed by atoms with van der Waals surface area (Å²) in [6, 6.07) is 0. The van der Waals surface area contributed by atoms with Crippen LogP contribution in [0.4, 0.5) is 0 Å². The van der Waals surface area contributed by atoms with Crippen molar-refractivity contribution >= 4 is 11.8 Å². The molecular weight excluding hydrogens is 218 g/mol. The number of nitrogens with one attached hydrogen (secondary N) is 2. The van der Waals surface area contributed by atoms with Gasteiger partial charge in [-0.15, -0.1) is 0 Å². The zero-order valence-electron chi connectivity index (χ0n) is 11.0. The minimum atomic E-state index is -0.162. The SMILES string of the molecule is CNC(=O)C(C)CN(C)C(=O)[C@@H]1CCCNC1. The summed E-state index contributed by atoms with van der Waals surface area (Å²) in [4.78, 5) is 25.2. The molecule has 2 amide bonds. The van der Waals surface area contributed by atoms with Gasteiger partial charge in [-0.2, -0.15) is 0 Å². The highest BCUT2D eigenvalue weighted by Crippen LogP contribution is 2.13. The maximum Gasteiger partial charge on any atom is 0.226 e. The fourth-order valence-electron chi connectivity index (χ4n) is 2.20. The number of carbonyl (C=O) groups is 2. The van der Waals surface area contributed by atoms with Crippen molar-refractivity contribution in [2.45, 2.75) is 19.8 Å². The number of amides is 2. The summed E-state index contributed by atoms with van der Waals surface area (Å²) in [5, 5.41) is 5.83. The highest BCUT2D eigenvalue weighted by molar-refractivity contribution is 5.81. The van der Waals surface area contributed by atoms with Crippen LogP contribution in [0.1, 0.15) is 19.8 Å². The molecule has 1 fully saturated rings. The van der Waals surface area contributed by atoms with Crippen LogP contribution in [0.5, 0.6) is 0 Å². The van der Waals surface area contributed by atoms with Gasteiger partial charge in [-0.3, -0.25) is 9.59 Å². The van der Waals surface area contributed by atoms with Crippen LogP contribution in [0, 0.1) is 11.8 Å². The van der Waals surface area contributed by atoms with Crippen LogP contribution in [-0.2, 0) is 9.59 Å². The van der Waals surface area contributed by atoms with E-state index < -0.39 is 0 Å². The molecule has 0 aromatic carbocycles. The van der Waals surface area contributed by atoms with Gasteiger partial charge in [-0.05, 0) is 19.4 Å². The van der Waals surface area contributed by atoms with Crippen LogP contribution >= 0.6 is 0 Å². The van der Waals surface area contributed by atoms with Crippen molar-refractivity contribution in [3.8, 4) is 0 Å². The molecule has 17 heavy (non-hydrogen) atoms. The maximum absolute atomic E-state index is 12.1. The lowest BCUT2D eigenvalue weighted by Crippen LogP contribution is -2.44. The zero-order chi connectivity index (χ0) is 12.8. The largest absolute Gasteiger partial charge is 0.359 e. The third-order valence-electron chi connectivity index (χ3n) is 3.26. The summed E-state index contributed by atoms with van der Waals surface area (Å²) in [6.07, 6.45) is 2.00. The lowest BCUT2D eigenvalue weighted by molar-refractivity contribution is -0.136. The molecule has 1 saturated heterocycles. The predicted molar refractivity (Wildman–Crippen MR) is 66.5 cm³/mol. The van der Waals surface area contributed by atoms with E-state index in [1.54, 1.807) is 19.0 Å². The van der Waals surface area contributed by atoms with Crippen molar-refractivity contribution < 1.29 is 9.59 Å². The highest BCUT2D eigenvalue weighted by Gasteiger charge is 2.25. The summed E-state index contributed by atoms with van der Waals surface area (Å²) in [7, 11) is 3.39. The molecule has 1 unspecified atom stereocenters. The summed E-state index contributed by atoms with van der Waals surface area (Å²) in [6.45, 7) is 4.08. The molecule has 1 aliphatic rings. The van der Waals surface area contributed by atoms with Crippen LogP contribution in [-0.4, -0.2) is 50.4 Å². The standard InChI is InChI=1S/C12H23N3O2/c1-9(11(16)13-2)8-15(3)12(17)10-5-4-6-14-7-10/h9-10,14H,4-8H2,1-3H3,(H,13,16)/t9?,10-/m1/s1. The van der Waals surface area contributed by atoms with Crippen molar-refractivity contribution in [2.75, 3.05) is 33.7 Å². The molecule has 0 spiro atoms. The Morgan fingerprint density at radius 2 is 2.24 bits per heavy atom. The fraction of sp³-hybridized carbons (Fsp3) is 0.833. The Morgan fingerprint density at radius 3 is 2.76 bits per heavy atom. The number of hydrogen-bond acceptors (Lipinski definition) is 3. The first-order chi connectivity index (χ1) is 8.06. The van der Waals surface area contributed by atoms with Gasteiger partial charge in [0, 0.05) is 27.2 Å². The summed E-state index contributed by atoms with van der Waals surface area (Å²) >= 11 is 0. The quantitative estimate of drug-likeness (QED) is 0.718. The Balaban J connectivity index is 2.43. The molecular formula is C12H23N3O2. The Labute approximate surface area is 103 Å². The van der Waals surface area contributed by atoms with E-state index in [9.17, 15) is 9.59 Å². The second-order valence-electron chi connectivity index (χ2n) is 4.78. The molecule has 2 N–H and O–H groups in total. The van der Waals surface area contributed by atoms with Crippen LogP contribution in [0.25, 0.3) is 0 Å². The van der Waals surface area contributed by atoms with Crippen molar-refractivity contribution in [3.05, 3.63) is 0 Å². The van der Waals surface area contributed by atoms with Gasteiger partial charge >= 0.3 is 0 Å². The van der Waals surface area contributed by atoms with E-state index in [4.69, 9.17) is 0 Å². The van der Waals surface area contributed by atoms with Gasteiger partial charge in [-0.25, -0.2) is 0 Å². The lowest BCUT2D eigenvalue weighted by Gasteiger charge is -2.28. The molecule has 1 rings (SSSR count). The van der Waals surface area contributed by atoms with Gasteiger partial charge < -0.3 is 15.5 Å². The molecule has 5 nitrogen and oxygen atoms in total. The Kier molecular flexibility index (Phi) is 5.41. The van der Waals surface area contributed by atoms with E-state index in [0.29, 0.717) is 6.54 Å². The summed E-state index contributed by atoms with van der Waals surface area (Å²) in [5.41, 5.74) is 0. The average Bonchev–Trinajstić information content (AvgIpc) is 2.37. The number of rotatable bonds is 4. The Morgan fingerprint density at radius 1 is 1.53 bits per heavy atom. The van der Waals surface area contributed by atoms with Crippen molar-refractivity contribution in [3.63, 3.8) is 0 Å². The Hall–Kier alpha value is -1.10. The predicted octanol–water partition coefficient (Wildman–Crippen LogP) is -0.173. The van der Waals surface area contributed by atoms with Crippen molar-refractivity contribution in [1.29, 1.82) is 0 Å². The normalized spacial score (nSPS) is 21.7. The van der Waals surface area contributed by atoms with E-state index in [2.05, 4.69) is 10.6 Å². The summed E-state index contributed by atoms with van der Waals surface area (Å²) in [5.74, 6) is 0.0375. The molecule has 0 aliphatic carbocycles. The third kappa shape index (κ3) is 4.00. The smallest absolute Gasteiger partial charge is 0.226 e. The van der Waals surface area contributed by atoms with Crippen molar-refractivity contribution in [1.82, 2.24) is 15.5 Å². The highest BCUT2D eigenvalue weighted by atomic mass is 16.2.